The summed E-state index contributed by atoms with van der Waals surface area (Å²) < 4.78 is 7.49. The van der Waals surface area contributed by atoms with Crippen molar-refractivity contribution in [1.29, 1.82) is 0 Å². The first-order valence-corrected chi connectivity index (χ1v) is 12.5. The van der Waals surface area contributed by atoms with Gasteiger partial charge in [-0.25, -0.2) is 4.68 Å². The van der Waals surface area contributed by atoms with Crippen LogP contribution in [0.1, 0.15) is 29.7 Å². The number of hydrogen-bond donors (Lipinski definition) is 2. The second kappa shape index (κ2) is 10.2. The standard InChI is InChI=1S/C27H27N5O2S/c1-3-34-22-15-13-20(14-16-22)23-24(26(33)28-17-19-11-9-18(2)10-12-19)35-27-30-29-25(32(27)31-23)21-7-5-4-6-8-21/h4-16,23-24,31H,3,17H2,1-2H3,(H,28,33)/t23-,24+/m0/s1. The van der Waals surface area contributed by atoms with Crippen molar-refractivity contribution in [1.82, 2.24) is 20.2 Å². The molecule has 2 N–H and O–H groups in total. The van der Waals surface area contributed by atoms with Gasteiger partial charge in [0.05, 0.1) is 12.6 Å². The molecule has 1 aliphatic heterocycles. The highest BCUT2D eigenvalue weighted by Crippen LogP contribution is 2.39. The minimum absolute atomic E-state index is 0.0579. The van der Waals surface area contributed by atoms with Gasteiger partial charge in [-0.2, -0.15) is 0 Å². The van der Waals surface area contributed by atoms with E-state index in [9.17, 15) is 4.79 Å². The van der Waals surface area contributed by atoms with Crippen LogP contribution in [0.2, 0.25) is 0 Å². The normalized spacial score (nSPS) is 16.7. The average molecular weight is 486 g/mol. The molecule has 1 aliphatic rings. The number of rotatable bonds is 7. The Morgan fingerprint density at radius 1 is 1.03 bits per heavy atom. The fourth-order valence-corrected chi connectivity index (χ4v) is 5.12. The summed E-state index contributed by atoms with van der Waals surface area (Å²) in [4.78, 5) is 13.4. The lowest BCUT2D eigenvalue weighted by atomic mass is 10.0. The largest absolute Gasteiger partial charge is 0.494 e. The number of nitrogens with one attached hydrogen (secondary N) is 2. The maximum Gasteiger partial charge on any atom is 0.236 e. The summed E-state index contributed by atoms with van der Waals surface area (Å²) >= 11 is 1.42. The van der Waals surface area contributed by atoms with Gasteiger partial charge in [0.15, 0.2) is 5.82 Å². The summed E-state index contributed by atoms with van der Waals surface area (Å²) in [5.41, 5.74) is 7.70. The summed E-state index contributed by atoms with van der Waals surface area (Å²) in [6, 6.07) is 25.7. The van der Waals surface area contributed by atoms with Crippen LogP contribution in [0.4, 0.5) is 0 Å². The van der Waals surface area contributed by atoms with Crippen LogP contribution in [-0.4, -0.2) is 32.6 Å². The van der Waals surface area contributed by atoms with E-state index >= 15 is 0 Å². The zero-order valence-electron chi connectivity index (χ0n) is 19.6. The molecule has 4 aromatic rings. The predicted octanol–water partition coefficient (Wildman–Crippen LogP) is 4.73. The Morgan fingerprint density at radius 3 is 2.49 bits per heavy atom. The van der Waals surface area contributed by atoms with Crippen molar-refractivity contribution >= 4 is 17.7 Å². The lowest BCUT2D eigenvalue weighted by Gasteiger charge is -2.33. The molecule has 0 spiro atoms. The molecule has 178 valence electrons. The number of fused-ring (bicyclic) bond motifs is 1. The van der Waals surface area contributed by atoms with E-state index in [1.54, 1.807) is 0 Å². The van der Waals surface area contributed by atoms with Crippen LogP contribution in [-0.2, 0) is 11.3 Å². The number of aryl methyl sites for hydroxylation is 1. The van der Waals surface area contributed by atoms with Gasteiger partial charge < -0.3 is 15.5 Å². The van der Waals surface area contributed by atoms with Crippen molar-refractivity contribution in [2.45, 2.75) is 36.8 Å². The molecule has 1 aromatic heterocycles. The van der Waals surface area contributed by atoms with E-state index in [0.29, 0.717) is 24.1 Å². The van der Waals surface area contributed by atoms with Crippen LogP contribution in [0.3, 0.4) is 0 Å². The quantitative estimate of drug-likeness (QED) is 0.394. The summed E-state index contributed by atoms with van der Waals surface area (Å²) in [5, 5.41) is 12.1. The number of amides is 1. The Bertz CT molecular complexity index is 1290. The molecule has 2 atom stereocenters. The number of thioether (sulfide) groups is 1. The molecule has 0 fully saturated rings. The van der Waals surface area contributed by atoms with Crippen LogP contribution in [0.25, 0.3) is 11.4 Å². The molecule has 0 saturated heterocycles. The third-order valence-electron chi connectivity index (χ3n) is 5.86. The molecular weight excluding hydrogens is 458 g/mol. The molecule has 7 nitrogen and oxygen atoms in total. The van der Waals surface area contributed by atoms with Crippen molar-refractivity contribution in [3.8, 4) is 17.1 Å². The minimum atomic E-state index is -0.432. The third-order valence-corrected chi connectivity index (χ3v) is 7.08. The van der Waals surface area contributed by atoms with E-state index in [4.69, 9.17) is 4.74 Å². The molecule has 2 heterocycles. The van der Waals surface area contributed by atoms with E-state index in [1.165, 1.54) is 17.3 Å². The van der Waals surface area contributed by atoms with Gasteiger partial charge in [0, 0.05) is 12.1 Å². The van der Waals surface area contributed by atoms with Crippen molar-refractivity contribution in [2.75, 3.05) is 12.0 Å². The van der Waals surface area contributed by atoms with E-state index in [2.05, 4.69) is 33.1 Å². The second-order valence-corrected chi connectivity index (χ2v) is 9.47. The van der Waals surface area contributed by atoms with Gasteiger partial charge >= 0.3 is 0 Å². The first-order chi connectivity index (χ1) is 17.1. The fraction of sp³-hybridized carbons (Fsp3) is 0.222. The van der Waals surface area contributed by atoms with Gasteiger partial charge in [0.2, 0.25) is 11.1 Å². The Hall–Kier alpha value is -3.78. The first-order valence-electron chi connectivity index (χ1n) is 11.6. The molecule has 0 aliphatic carbocycles. The molecule has 8 heteroatoms. The topological polar surface area (TPSA) is 81.1 Å². The third kappa shape index (κ3) is 5.02. The number of nitrogens with zero attached hydrogens (tertiary/aromatic N) is 3. The summed E-state index contributed by atoms with van der Waals surface area (Å²) in [7, 11) is 0. The Morgan fingerprint density at radius 2 is 1.77 bits per heavy atom. The van der Waals surface area contributed by atoms with Crippen LogP contribution in [0.5, 0.6) is 5.75 Å². The summed E-state index contributed by atoms with van der Waals surface area (Å²) in [5.74, 6) is 1.45. The molecule has 5 rings (SSSR count). The Kier molecular flexibility index (Phi) is 6.72. The lowest BCUT2D eigenvalue weighted by Crippen LogP contribution is -2.43. The molecule has 0 radical (unpaired) electrons. The maximum atomic E-state index is 13.4. The van der Waals surface area contributed by atoms with E-state index < -0.39 is 5.25 Å². The summed E-state index contributed by atoms with van der Waals surface area (Å²) in [6.07, 6.45) is 0. The molecule has 0 saturated carbocycles. The monoisotopic (exact) mass is 485 g/mol. The van der Waals surface area contributed by atoms with Gasteiger partial charge in [-0.1, -0.05) is 84.1 Å². The van der Waals surface area contributed by atoms with E-state index in [0.717, 1.165) is 22.4 Å². The number of ether oxygens (including phenoxy) is 1. The van der Waals surface area contributed by atoms with Gasteiger partial charge in [0.25, 0.3) is 0 Å². The summed E-state index contributed by atoms with van der Waals surface area (Å²) in [6.45, 7) is 5.08. The van der Waals surface area contributed by atoms with Gasteiger partial charge in [-0.3, -0.25) is 4.79 Å². The molecule has 0 unspecified atom stereocenters. The number of carbonyl (C=O) groups excluding carboxylic acids is 1. The zero-order chi connectivity index (χ0) is 24.2. The van der Waals surface area contributed by atoms with Gasteiger partial charge in [-0.05, 0) is 37.1 Å². The zero-order valence-corrected chi connectivity index (χ0v) is 20.5. The Balaban J connectivity index is 1.44. The number of hydrogen-bond acceptors (Lipinski definition) is 6. The maximum absolute atomic E-state index is 13.4. The lowest BCUT2D eigenvalue weighted by molar-refractivity contribution is -0.121. The van der Waals surface area contributed by atoms with Crippen molar-refractivity contribution < 1.29 is 9.53 Å². The highest BCUT2D eigenvalue weighted by molar-refractivity contribution is 8.00. The van der Waals surface area contributed by atoms with Crippen LogP contribution in [0, 0.1) is 6.92 Å². The predicted molar refractivity (Wildman–Crippen MR) is 138 cm³/mol. The van der Waals surface area contributed by atoms with Crippen LogP contribution >= 0.6 is 11.8 Å². The van der Waals surface area contributed by atoms with Crippen LogP contribution in [0.15, 0.2) is 84.0 Å². The second-order valence-electron chi connectivity index (χ2n) is 8.36. The van der Waals surface area contributed by atoms with E-state index in [-0.39, 0.29) is 11.9 Å². The molecule has 1 amide bonds. The molecule has 3 aromatic carbocycles. The SMILES string of the molecule is CCOc1ccc([C@@H]2Nn3c(nnc3-c3ccccc3)S[C@H]2C(=O)NCc2ccc(C)cc2)cc1. The van der Waals surface area contributed by atoms with Crippen molar-refractivity contribution in [3.63, 3.8) is 0 Å². The van der Waals surface area contributed by atoms with Gasteiger partial charge in [0.1, 0.15) is 11.0 Å². The highest BCUT2D eigenvalue weighted by atomic mass is 32.2. The number of carbonyl (C=O) groups is 1. The highest BCUT2D eigenvalue weighted by Gasteiger charge is 2.38. The van der Waals surface area contributed by atoms with Crippen molar-refractivity contribution in [2.24, 2.45) is 0 Å². The number of benzene rings is 3. The van der Waals surface area contributed by atoms with Crippen molar-refractivity contribution in [3.05, 3.63) is 95.6 Å². The van der Waals surface area contributed by atoms with E-state index in [1.807, 2.05) is 85.3 Å². The minimum Gasteiger partial charge on any atom is -0.494 e. The average Bonchev–Trinajstić information content (AvgIpc) is 3.32. The molecule has 0 bridgehead atoms. The van der Waals surface area contributed by atoms with Crippen LogP contribution < -0.4 is 15.5 Å². The van der Waals surface area contributed by atoms with Gasteiger partial charge in [-0.15, -0.1) is 10.2 Å². The fourth-order valence-electron chi connectivity index (χ4n) is 4.01. The smallest absolute Gasteiger partial charge is 0.236 e. The molecule has 35 heavy (non-hydrogen) atoms. The Labute approximate surface area is 208 Å². The number of aromatic nitrogens is 3. The molecular formula is C27H27N5O2S. The first kappa shape index (κ1) is 23.0.